The maximum Gasteiger partial charge on any atom is 0.412 e. The molecule has 2 fully saturated rings. The number of anilines is 1. The molecule has 5 aliphatic heterocycles. The Morgan fingerprint density at radius 3 is 2.43 bits per heavy atom. The van der Waals surface area contributed by atoms with Crippen molar-refractivity contribution in [1.82, 2.24) is 20.1 Å². The van der Waals surface area contributed by atoms with Gasteiger partial charge in [0.15, 0.2) is 11.5 Å². The molecular formula is C53H63N5O9. The van der Waals surface area contributed by atoms with E-state index in [-0.39, 0.29) is 30.2 Å². The van der Waals surface area contributed by atoms with Crippen molar-refractivity contribution >= 4 is 34.6 Å². The van der Waals surface area contributed by atoms with Gasteiger partial charge in [0.1, 0.15) is 22.9 Å². The summed E-state index contributed by atoms with van der Waals surface area (Å²) in [5.74, 6) is 0.194. The number of rotatable bonds is 10. The molecule has 0 radical (unpaired) electrons. The highest BCUT2D eigenvalue weighted by Gasteiger charge is 2.78. The molecule has 67 heavy (non-hydrogen) atoms. The van der Waals surface area contributed by atoms with Crippen LogP contribution in [0.3, 0.4) is 0 Å². The number of hydrogen-bond acceptors (Lipinski definition) is 12. The first-order chi connectivity index (χ1) is 32.3. The van der Waals surface area contributed by atoms with E-state index in [1.54, 1.807) is 31.4 Å². The molecule has 1 saturated heterocycles. The highest BCUT2D eigenvalue weighted by atomic mass is 16.6. The number of ether oxygens (including phenoxy) is 5. The molecule has 4 aromatic rings. The Kier molecular flexibility index (Phi) is 11.2. The minimum atomic E-state index is -1.90. The summed E-state index contributed by atoms with van der Waals surface area (Å²) in [5, 5.41) is 17.9. The topological polar surface area (TPSA) is 155 Å². The van der Waals surface area contributed by atoms with Crippen LogP contribution in [0.25, 0.3) is 10.9 Å². The monoisotopic (exact) mass is 913 g/mol. The number of hydrogen-bond donors (Lipinski definition) is 3. The van der Waals surface area contributed by atoms with E-state index in [0.29, 0.717) is 49.4 Å². The molecule has 1 unspecified atom stereocenters. The number of carbonyl (C=O) groups is 3. The van der Waals surface area contributed by atoms with E-state index in [0.717, 1.165) is 65.9 Å². The predicted octanol–water partition coefficient (Wildman–Crippen LogP) is 6.42. The standard InChI is InChI=1S/C53H63N5O9/c1-8-33-25-34-28-52(48(60)65-7,44-36(19-23-57(29-33)30-34)35-15-10-11-16-39(35)55-44)38-26-37-40(27-43(38)64-6)56(4)46-51(37)21-24-58-22-14-20-50(9-2,45(51)58)47(66-32(3)59)53(46,62)31-54-49(61)67-42-18-13-12-17-41(42)63-5/h10-18,20,25-27,34,45-47,55,62H,8-9,19,21-24,28-31H2,1-7H3,(H,54,61)/t34-,45-,46+,47+,50+,51+,52-,53+/m0/s1. The lowest BCUT2D eigenvalue weighted by Gasteiger charge is -2.64. The van der Waals surface area contributed by atoms with Gasteiger partial charge in [0.2, 0.25) is 0 Å². The lowest BCUT2D eigenvalue weighted by Crippen LogP contribution is -2.81. The number of nitrogens with zero attached hydrogens (tertiary/aromatic N) is 3. The maximum atomic E-state index is 15.5. The zero-order chi connectivity index (χ0) is 47.0. The number of nitrogens with one attached hydrogen (secondary N) is 2. The third-order valence-electron chi connectivity index (χ3n) is 16.4. The van der Waals surface area contributed by atoms with Crippen LogP contribution in [0.5, 0.6) is 17.2 Å². The molecule has 3 aromatic carbocycles. The fourth-order valence-corrected chi connectivity index (χ4v) is 14.1. The second-order valence-electron chi connectivity index (χ2n) is 19.6. The molecule has 9 atom stereocenters. The number of carbonyl (C=O) groups excluding carboxylic acids is 3. The van der Waals surface area contributed by atoms with Crippen LogP contribution in [0.2, 0.25) is 0 Å². The zero-order valence-corrected chi connectivity index (χ0v) is 39.6. The first-order valence-corrected chi connectivity index (χ1v) is 23.8. The molecule has 1 amide bonds. The van der Waals surface area contributed by atoms with Crippen molar-refractivity contribution in [3.8, 4) is 17.2 Å². The van der Waals surface area contributed by atoms with Crippen LogP contribution in [-0.4, -0.2) is 129 Å². The number of amides is 1. The number of methoxy groups -OCH3 is 3. The van der Waals surface area contributed by atoms with Gasteiger partial charge in [0.05, 0.1) is 33.9 Å². The van der Waals surface area contributed by atoms with Gasteiger partial charge in [-0.2, -0.15) is 0 Å². The Morgan fingerprint density at radius 2 is 1.70 bits per heavy atom. The van der Waals surface area contributed by atoms with Crippen molar-refractivity contribution in [2.24, 2.45) is 11.3 Å². The van der Waals surface area contributed by atoms with Gasteiger partial charge in [-0.3, -0.25) is 19.4 Å². The summed E-state index contributed by atoms with van der Waals surface area (Å²) in [6, 6.07) is 18.3. The van der Waals surface area contributed by atoms with E-state index < -0.39 is 46.1 Å². The van der Waals surface area contributed by atoms with Gasteiger partial charge in [-0.25, -0.2) is 4.79 Å². The summed E-state index contributed by atoms with van der Waals surface area (Å²) in [5.41, 5.74) is 1.69. The van der Waals surface area contributed by atoms with Crippen molar-refractivity contribution < 1.29 is 43.2 Å². The van der Waals surface area contributed by atoms with Crippen LogP contribution in [-0.2, 0) is 36.3 Å². The lowest BCUT2D eigenvalue weighted by molar-refractivity contribution is -0.216. The Hall–Kier alpha value is -5.83. The summed E-state index contributed by atoms with van der Waals surface area (Å²) in [4.78, 5) is 53.6. The molecular weight excluding hydrogens is 851 g/mol. The molecule has 1 aliphatic carbocycles. The van der Waals surface area contributed by atoms with Gasteiger partial charge in [-0.15, -0.1) is 0 Å². The van der Waals surface area contributed by atoms with E-state index in [2.05, 4.69) is 75.3 Å². The minimum Gasteiger partial charge on any atom is -0.496 e. The highest BCUT2D eigenvalue weighted by Crippen LogP contribution is 2.68. The average molecular weight is 914 g/mol. The minimum absolute atomic E-state index is 0.0100. The van der Waals surface area contributed by atoms with E-state index in [9.17, 15) is 14.7 Å². The van der Waals surface area contributed by atoms with Gasteiger partial charge < -0.3 is 44.0 Å². The second-order valence-corrected chi connectivity index (χ2v) is 19.6. The third kappa shape index (κ3) is 6.56. The maximum absolute atomic E-state index is 15.5. The van der Waals surface area contributed by atoms with E-state index >= 15 is 4.79 Å². The molecule has 14 heteroatoms. The van der Waals surface area contributed by atoms with Gasteiger partial charge in [0, 0.05) is 90.9 Å². The van der Waals surface area contributed by atoms with E-state index in [1.807, 2.05) is 25.2 Å². The van der Waals surface area contributed by atoms with Crippen LogP contribution in [0.1, 0.15) is 68.8 Å². The average Bonchev–Trinajstić information content (AvgIpc) is 4.00. The van der Waals surface area contributed by atoms with Crippen molar-refractivity contribution in [1.29, 1.82) is 0 Å². The number of aromatic nitrogens is 1. The first-order valence-electron chi connectivity index (χ1n) is 23.8. The molecule has 14 nitrogen and oxygen atoms in total. The number of aromatic amines is 1. The van der Waals surface area contributed by atoms with Gasteiger partial charge in [-0.1, -0.05) is 68.0 Å². The number of aliphatic hydroxyl groups is 1. The van der Waals surface area contributed by atoms with Gasteiger partial charge in [0.25, 0.3) is 0 Å². The Morgan fingerprint density at radius 1 is 0.940 bits per heavy atom. The molecule has 1 saturated carbocycles. The number of esters is 2. The number of benzene rings is 3. The number of likely N-dealkylation sites (N-methyl/N-ethyl adjacent to an activating group) is 1. The molecule has 1 spiro atoms. The number of fused-ring (bicyclic) bond motifs is 6. The molecule has 2 bridgehead atoms. The van der Waals surface area contributed by atoms with Crippen LogP contribution in [0.15, 0.2) is 84.5 Å². The summed E-state index contributed by atoms with van der Waals surface area (Å²) in [6.45, 7) is 9.22. The number of H-pyrrole nitrogens is 1. The molecule has 354 valence electrons. The summed E-state index contributed by atoms with van der Waals surface area (Å²) in [6.07, 6.45) is 7.97. The molecule has 6 heterocycles. The van der Waals surface area contributed by atoms with Crippen LogP contribution in [0, 0.1) is 11.3 Å². The van der Waals surface area contributed by atoms with E-state index in [1.165, 1.54) is 26.7 Å². The lowest BCUT2D eigenvalue weighted by atomic mass is 9.47. The molecule has 3 N–H and O–H groups in total. The van der Waals surface area contributed by atoms with Crippen LogP contribution < -0.4 is 24.4 Å². The molecule has 1 aromatic heterocycles. The molecule has 10 rings (SSSR count). The summed E-state index contributed by atoms with van der Waals surface area (Å²) in [7, 11) is 6.58. The fraction of sp³-hybridized carbons (Fsp3) is 0.491. The summed E-state index contributed by atoms with van der Waals surface area (Å²) >= 11 is 0. The Labute approximate surface area is 392 Å². The fourth-order valence-electron chi connectivity index (χ4n) is 14.1. The molecule has 6 aliphatic rings. The van der Waals surface area contributed by atoms with Crippen LogP contribution in [0.4, 0.5) is 10.5 Å². The normalized spacial score (nSPS) is 31.5. The van der Waals surface area contributed by atoms with Crippen molar-refractivity contribution in [2.45, 2.75) is 87.5 Å². The van der Waals surface area contributed by atoms with E-state index in [4.69, 9.17) is 23.7 Å². The van der Waals surface area contributed by atoms with Gasteiger partial charge >= 0.3 is 18.0 Å². The smallest absolute Gasteiger partial charge is 0.412 e. The van der Waals surface area contributed by atoms with Crippen LogP contribution >= 0.6 is 0 Å². The quantitative estimate of drug-likeness (QED) is 0.119. The number of para-hydroxylation sites is 3. The van der Waals surface area contributed by atoms with Crippen molar-refractivity contribution in [3.63, 3.8) is 0 Å². The third-order valence-corrected chi connectivity index (χ3v) is 16.4. The summed E-state index contributed by atoms with van der Waals surface area (Å²) < 4.78 is 30.2. The SMILES string of the molecule is CCC1=C[C@@H]2CN(CCc3c([nH]c4ccccc34)[C@@](C(=O)OC)(c3cc4c(cc3OC)N(C)[C@H]3[C@](O)(CNC(=O)Oc5ccccc5OC)[C@H](OC(C)=O)[C@]5(CC)C=CCN6CC[C@]43[C@@H]65)C2)C1. The van der Waals surface area contributed by atoms with Crippen molar-refractivity contribution in [2.75, 3.05) is 72.5 Å². The largest absolute Gasteiger partial charge is 0.496 e. The van der Waals surface area contributed by atoms with Gasteiger partial charge in [-0.05, 0) is 80.0 Å². The Bertz CT molecular complexity index is 2700. The Balaban J connectivity index is 1.21. The highest BCUT2D eigenvalue weighted by molar-refractivity contribution is 5.94. The van der Waals surface area contributed by atoms with Crippen molar-refractivity contribution in [3.05, 3.63) is 107 Å². The first kappa shape index (κ1) is 45.0. The predicted molar refractivity (Wildman–Crippen MR) is 254 cm³/mol. The second kappa shape index (κ2) is 16.7. The zero-order valence-electron chi connectivity index (χ0n) is 39.6.